The van der Waals surface area contributed by atoms with Crippen molar-refractivity contribution in [2.75, 3.05) is 0 Å². The van der Waals surface area contributed by atoms with E-state index in [1.165, 1.54) is 0 Å². The predicted octanol–water partition coefficient (Wildman–Crippen LogP) is 9.51. The van der Waals surface area contributed by atoms with E-state index in [-0.39, 0.29) is 0 Å². The van der Waals surface area contributed by atoms with E-state index in [0.29, 0.717) is 11.5 Å². The van der Waals surface area contributed by atoms with Crippen molar-refractivity contribution in [2.45, 2.75) is 0 Å². The summed E-state index contributed by atoms with van der Waals surface area (Å²) in [5.74, 6) is 1.42. The molecule has 10 rings (SSSR count). The van der Waals surface area contributed by atoms with Crippen molar-refractivity contribution >= 4 is 54.9 Å². The minimum atomic E-state index is 0.706. The molecule has 47 heavy (non-hydrogen) atoms. The highest BCUT2D eigenvalue weighted by atomic mass is 16.5. The number of fused-ring (bicyclic) bond motifs is 12. The van der Waals surface area contributed by atoms with Crippen molar-refractivity contribution in [1.29, 1.82) is 0 Å². The summed E-state index contributed by atoms with van der Waals surface area (Å²) in [6.07, 6.45) is 7.46. The standard InChI is InChI=1S/C40H24N6O/c1-3-9-25(10-4-1)35-38(26-11-5-2-6-12-26)46-34-14-8-20-42-37(34)30-18-16-28(24-32(30)40(46)44-35)47-27-15-17-29-31(23-27)39-43-21-22-45(39)33-13-7-19-41-36(29)33/h1-24H. The van der Waals surface area contributed by atoms with Gasteiger partial charge in [0.15, 0.2) is 0 Å². The Morgan fingerprint density at radius 2 is 1.11 bits per heavy atom. The highest BCUT2D eigenvalue weighted by Gasteiger charge is 2.21. The monoisotopic (exact) mass is 604 g/mol. The average Bonchev–Trinajstić information content (AvgIpc) is 3.80. The highest BCUT2D eigenvalue weighted by Crippen LogP contribution is 2.40. The third kappa shape index (κ3) is 3.87. The van der Waals surface area contributed by atoms with Crippen molar-refractivity contribution in [3.63, 3.8) is 0 Å². The van der Waals surface area contributed by atoms with Gasteiger partial charge in [0.1, 0.15) is 22.8 Å². The summed E-state index contributed by atoms with van der Waals surface area (Å²) in [6, 6.07) is 41.2. The lowest BCUT2D eigenvalue weighted by molar-refractivity contribution is 0.484. The number of pyridine rings is 4. The zero-order chi connectivity index (χ0) is 30.9. The summed E-state index contributed by atoms with van der Waals surface area (Å²) in [6.45, 7) is 0. The van der Waals surface area contributed by atoms with Gasteiger partial charge in [-0.2, -0.15) is 0 Å². The molecule has 6 aromatic heterocycles. The van der Waals surface area contributed by atoms with E-state index in [9.17, 15) is 0 Å². The lowest BCUT2D eigenvalue weighted by Gasteiger charge is -2.13. The molecule has 0 radical (unpaired) electrons. The fourth-order valence-corrected chi connectivity index (χ4v) is 6.87. The van der Waals surface area contributed by atoms with Crippen molar-refractivity contribution in [3.05, 3.63) is 146 Å². The van der Waals surface area contributed by atoms with Gasteiger partial charge in [-0.25, -0.2) is 9.97 Å². The number of hydrogen-bond donors (Lipinski definition) is 0. The second-order valence-corrected chi connectivity index (χ2v) is 11.6. The van der Waals surface area contributed by atoms with Crippen LogP contribution < -0.4 is 4.74 Å². The molecule has 0 amide bonds. The fourth-order valence-electron chi connectivity index (χ4n) is 6.87. The third-order valence-electron chi connectivity index (χ3n) is 8.90. The first-order chi connectivity index (χ1) is 23.3. The summed E-state index contributed by atoms with van der Waals surface area (Å²) >= 11 is 0. The minimum Gasteiger partial charge on any atom is -0.457 e. The molecular formula is C40H24N6O. The van der Waals surface area contributed by atoms with Crippen LogP contribution in [0.4, 0.5) is 0 Å². The molecule has 0 N–H and O–H groups in total. The molecule has 0 fully saturated rings. The second-order valence-electron chi connectivity index (χ2n) is 11.6. The SMILES string of the molecule is c1ccc(-c2nc3c4cc(Oc5ccc6c(c5)c5nccn5c5cccnc65)ccc4c4ncccc4n3c2-c2ccccc2)cc1. The van der Waals surface area contributed by atoms with Crippen LogP contribution in [0.25, 0.3) is 77.4 Å². The normalized spacial score (nSPS) is 11.8. The Hall–Kier alpha value is -6.60. The van der Waals surface area contributed by atoms with Crippen LogP contribution in [-0.2, 0) is 0 Å². The van der Waals surface area contributed by atoms with Gasteiger partial charge in [-0.05, 0) is 60.7 Å². The van der Waals surface area contributed by atoms with Crippen LogP contribution in [0, 0.1) is 0 Å². The molecule has 0 saturated heterocycles. The first kappa shape index (κ1) is 25.7. The maximum absolute atomic E-state index is 6.58. The number of aromatic nitrogens is 6. The Balaban J connectivity index is 1.21. The average molecular weight is 605 g/mol. The van der Waals surface area contributed by atoms with Crippen molar-refractivity contribution in [2.24, 2.45) is 0 Å². The molecule has 6 heterocycles. The van der Waals surface area contributed by atoms with E-state index in [1.54, 1.807) is 0 Å². The van der Waals surface area contributed by atoms with Gasteiger partial charge in [0.05, 0.1) is 33.5 Å². The topological polar surface area (TPSA) is 69.6 Å². The van der Waals surface area contributed by atoms with Gasteiger partial charge in [-0.15, -0.1) is 0 Å². The van der Waals surface area contributed by atoms with Gasteiger partial charge in [-0.1, -0.05) is 60.7 Å². The summed E-state index contributed by atoms with van der Waals surface area (Å²) < 4.78 is 10.9. The lowest BCUT2D eigenvalue weighted by atomic mass is 10.0. The van der Waals surface area contributed by atoms with Crippen LogP contribution in [0.5, 0.6) is 11.5 Å². The zero-order valence-electron chi connectivity index (χ0n) is 24.9. The number of ether oxygens (including phenoxy) is 1. The van der Waals surface area contributed by atoms with Gasteiger partial charge in [0, 0.05) is 57.5 Å². The Labute approximate surface area is 268 Å². The maximum atomic E-state index is 6.58. The molecule has 7 nitrogen and oxygen atoms in total. The summed E-state index contributed by atoms with van der Waals surface area (Å²) in [7, 11) is 0. The van der Waals surface area contributed by atoms with Gasteiger partial charge in [0.25, 0.3) is 0 Å². The molecule has 220 valence electrons. The van der Waals surface area contributed by atoms with Crippen LogP contribution in [0.2, 0.25) is 0 Å². The minimum absolute atomic E-state index is 0.706. The molecule has 0 saturated carbocycles. The Kier molecular flexibility index (Phi) is 5.44. The molecule has 4 aromatic carbocycles. The van der Waals surface area contributed by atoms with Crippen molar-refractivity contribution in [1.82, 2.24) is 28.7 Å². The van der Waals surface area contributed by atoms with Crippen LogP contribution in [0.1, 0.15) is 0 Å². The summed E-state index contributed by atoms with van der Waals surface area (Å²) in [5, 5.41) is 3.98. The number of rotatable bonds is 4. The smallest absolute Gasteiger partial charge is 0.146 e. The number of imidazole rings is 2. The van der Waals surface area contributed by atoms with Crippen LogP contribution >= 0.6 is 0 Å². The highest BCUT2D eigenvalue weighted by molar-refractivity contribution is 6.12. The largest absolute Gasteiger partial charge is 0.457 e. The molecule has 0 spiro atoms. The van der Waals surface area contributed by atoms with E-state index in [1.807, 2.05) is 67.3 Å². The molecule has 0 aliphatic heterocycles. The van der Waals surface area contributed by atoms with Crippen LogP contribution in [0.15, 0.2) is 146 Å². The first-order valence-corrected chi connectivity index (χ1v) is 15.5. The Morgan fingerprint density at radius 1 is 0.489 bits per heavy atom. The number of hydrogen-bond acceptors (Lipinski definition) is 5. The fraction of sp³-hybridized carbons (Fsp3) is 0. The van der Waals surface area contributed by atoms with E-state index < -0.39 is 0 Å². The first-order valence-electron chi connectivity index (χ1n) is 15.5. The number of nitrogens with zero attached hydrogens (tertiary/aromatic N) is 6. The van der Waals surface area contributed by atoms with Crippen LogP contribution in [0.3, 0.4) is 0 Å². The Morgan fingerprint density at radius 3 is 1.81 bits per heavy atom. The van der Waals surface area contributed by atoms with Gasteiger partial charge in [-0.3, -0.25) is 18.8 Å². The van der Waals surface area contributed by atoms with Crippen molar-refractivity contribution in [3.8, 4) is 34.0 Å². The van der Waals surface area contributed by atoms with E-state index >= 15 is 0 Å². The quantitative estimate of drug-likeness (QED) is 0.187. The molecule has 0 unspecified atom stereocenters. The number of benzene rings is 4. The maximum Gasteiger partial charge on any atom is 0.146 e. The van der Waals surface area contributed by atoms with Crippen molar-refractivity contribution < 1.29 is 4.74 Å². The van der Waals surface area contributed by atoms with Gasteiger partial charge in [0.2, 0.25) is 0 Å². The van der Waals surface area contributed by atoms with Gasteiger partial charge >= 0.3 is 0 Å². The molecular weight excluding hydrogens is 580 g/mol. The molecule has 10 aromatic rings. The zero-order valence-corrected chi connectivity index (χ0v) is 24.9. The van der Waals surface area contributed by atoms with E-state index in [2.05, 4.69) is 97.6 Å². The van der Waals surface area contributed by atoms with Gasteiger partial charge < -0.3 is 4.74 Å². The third-order valence-corrected chi connectivity index (χ3v) is 8.90. The molecule has 0 atom stereocenters. The Bertz CT molecular complexity index is 2820. The summed E-state index contributed by atoms with van der Waals surface area (Å²) in [4.78, 5) is 19.6. The summed E-state index contributed by atoms with van der Waals surface area (Å²) in [5.41, 5.74) is 9.63. The molecule has 0 aliphatic rings. The van der Waals surface area contributed by atoms with E-state index in [4.69, 9.17) is 14.7 Å². The molecule has 0 aliphatic carbocycles. The molecule has 0 bridgehead atoms. The second kappa shape index (κ2) is 9.95. The molecule has 7 heteroatoms. The lowest BCUT2D eigenvalue weighted by Crippen LogP contribution is -1.96. The van der Waals surface area contributed by atoms with E-state index in [0.717, 1.165) is 77.4 Å². The van der Waals surface area contributed by atoms with Crippen LogP contribution in [-0.4, -0.2) is 28.7 Å². The predicted molar refractivity (Wildman–Crippen MR) is 187 cm³/mol.